The molecule has 3 rings (SSSR count). The lowest BCUT2D eigenvalue weighted by molar-refractivity contribution is 0.175. The van der Waals surface area contributed by atoms with Crippen molar-refractivity contribution in [2.24, 2.45) is 11.0 Å². The van der Waals surface area contributed by atoms with E-state index in [2.05, 4.69) is 54.1 Å². The van der Waals surface area contributed by atoms with E-state index in [1.807, 2.05) is 18.5 Å². The van der Waals surface area contributed by atoms with E-state index in [0.717, 1.165) is 18.7 Å². The number of hydrogen-bond acceptors (Lipinski definition) is 3. The number of rotatable bonds is 0. The summed E-state index contributed by atoms with van der Waals surface area (Å²) < 4.78 is 0. The summed E-state index contributed by atoms with van der Waals surface area (Å²) in [5, 5.41) is 8.80. The Kier molecular flexibility index (Phi) is 4.19. The van der Waals surface area contributed by atoms with Gasteiger partial charge in [-0.05, 0) is 52.2 Å². The van der Waals surface area contributed by atoms with Crippen molar-refractivity contribution in [2.45, 2.75) is 52.0 Å². The highest BCUT2D eigenvalue weighted by atomic mass is 15.5. The molecule has 1 atom stereocenters. The molecule has 0 aromatic carbocycles. The van der Waals surface area contributed by atoms with Crippen LogP contribution in [0.4, 0.5) is 0 Å². The van der Waals surface area contributed by atoms with Crippen molar-refractivity contribution in [3.05, 3.63) is 35.8 Å². The van der Waals surface area contributed by atoms with Crippen LogP contribution in [-0.4, -0.2) is 33.1 Å². The monoisotopic (exact) mass is 298 g/mol. The number of allylic oxidation sites excluding steroid dienone is 2. The molecule has 0 fully saturated rings. The molecule has 0 N–H and O–H groups in total. The van der Waals surface area contributed by atoms with Crippen LogP contribution in [-0.2, 0) is 0 Å². The fourth-order valence-electron chi connectivity index (χ4n) is 3.18. The molecule has 22 heavy (non-hydrogen) atoms. The summed E-state index contributed by atoms with van der Waals surface area (Å²) in [5.74, 6) is 0.221. The molecular weight excluding hydrogens is 272 g/mol. The Bertz CT molecular complexity index is 601. The standard InChI is InChI=1S/C18H26N4/c1-18(2,3)21-12-8-6-4-5-7-9-15-14-20-22-16(10-11-19-22)13-17(15)21/h7,9-11,13-15H,4-6,8,12H2,1-3H3/b9-7-. The topological polar surface area (TPSA) is 33.4 Å². The van der Waals surface area contributed by atoms with Gasteiger partial charge in [0.1, 0.15) is 0 Å². The van der Waals surface area contributed by atoms with Crippen LogP contribution in [0.25, 0.3) is 6.08 Å². The molecule has 0 spiro atoms. The van der Waals surface area contributed by atoms with Crippen LogP contribution in [0.1, 0.15) is 52.1 Å². The summed E-state index contributed by atoms with van der Waals surface area (Å²) >= 11 is 0. The van der Waals surface area contributed by atoms with Gasteiger partial charge >= 0.3 is 0 Å². The van der Waals surface area contributed by atoms with Crippen LogP contribution in [0.2, 0.25) is 0 Å². The first-order chi connectivity index (χ1) is 10.6. The highest BCUT2D eigenvalue weighted by molar-refractivity contribution is 5.72. The third-order valence-corrected chi connectivity index (χ3v) is 4.34. The lowest BCUT2D eigenvalue weighted by Crippen LogP contribution is -2.43. The zero-order valence-corrected chi connectivity index (χ0v) is 13.9. The summed E-state index contributed by atoms with van der Waals surface area (Å²) in [7, 11) is 0. The molecule has 2 aliphatic heterocycles. The first-order valence-electron chi connectivity index (χ1n) is 8.30. The fourth-order valence-corrected chi connectivity index (χ4v) is 3.18. The van der Waals surface area contributed by atoms with Gasteiger partial charge in [-0.25, -0.2) is 0 Å². The highest BCUT2D eigenvalue weighted by Crippen LogP contribution is 2.30. The van der Waals surface area contributed by atoms with E-state index in [-0.39, 0.29) is 11.5 Å². The van der Waals surface area contributed by atoms with Crippen LogP contribution < -0.4 is 0 Å². The van der Waals surface area contributed by atoms with E-state index in [1.165, 1.54) is 25.0 Å². The maximum Gasteiger partial charge on any atom is 0.0890 e. The van der Waals surface area contributed by atoms with E-state index < -0.39 is 0 Å². The number of fused-ring (bicyclic) bond motifs is 2. The predicted octanol–water partition coefficient (Wildman–Crippen LogP) is 3.92. The molecule has 1 aromatic heterocycles. The summed E-state index contributed by atoms with van der Waals surface area (Å²) in [4.78, 5) is 4.26. The van der Waals surface area contributed by atoms with Crippen molar-refractivity contribution < 1.29 is 0 Å². The molecule has 0 saturated carbocycles. The van der Waals surface area contributed by atoms with E-state index in [9.17, 15) is 0 Å². The normalized spacial score (nSPS) is 24.0. The van der Waals surface area contributed by atoms with E-state index in [0.29, 0.717) is 0 Å². The van der Waals surface area contributed by atoms with Gasteiger partial charge in [0.25, 0.3) is 0 Å². The molecule has 118 valence electrons. The van der Waals surface area contributed by atoms with Gasteiger partial charge in [-0.3, -0.25) is 0 Å². The summed E-state index contributed by atoms with van der Waals surface area (Å²) in [6.07, 6.45) is 15.7. The largest absolute Gasteiger partial charge is 0.369 e. The first kappa shape index (κ1) is 15.1. The molecule has 0 aliphatic carbocycles. The molecule has 0 amide bonds. The fraction of sp³-hybridized carbons (Fsp3) is 0.556. The van der Waals surface area contributed by atoms with Crippen molar-refractivity contribution in [1.29, 1.82) is 0 Å². The molecule has 2 aliphatic rings. The second-order valence-corrected chi connectivity index (χ2v) is 7.10. The molecule has 1 unspecified atom stereocenters. The van der Waals surface area contributed by atoms with Crippen LogP contribution in [0, 0.1) is 5.92 Å². The van der Waals surface area contributed by atoms with E-state index >= 15 is 0 Å². The van der Waals surface area contributed by atoms with Crippen molar-refractivity contribution in [1.82, 2.24) is 14.8 Å². The maximum absolute atomic E-state index is 4.52. The van der Waals surface area contributed by atoms with Crippen LogP contribution in [0.5, 0.6) is 0 Å². The van der Waals surface area contributed by atoms with Gasteiger partial charge in [0, 0.05) is 24.0 Å². The van der Waals surface area contributed by atoms with Gasteiger partial charge in [0.2, 0.25) is 0 Å². The van der Waals surface area contributed by atoms with Gasteiger partial charge in [-0.1, -0.05) is 18.6 Å². The SMILES string of the molecule is CC(C)(C)N1CCCCC/C=C\C2C=Nn3nccc3C=C21. The molecule has 0 saturated heterocycles. The predicted molar refractivity (Wildman–Crippen MR) is 91.7 cm³/mol. The van der Waals surface area contributed by atoms with Gasteiger partial charge in [0.15, 0.2) is 0 Å². The second kappa shape index (κ2) is 6.11. The Hall–Kier alpha value is -1.84. The number of nitrogens with zero attached hydrogens (tertiary/aromatic N) is 4. The highest BCUT2D eigenvalue weighted by Gasteiger charge is 2.28. The Morgan fingerprint density at radius 3 is 2.86 bits per heavy atom. The minimum atomic E-state index is 0.0974. The molecule has 0 radical (unpaired) electrons. The van der Waals surface area contributed by atoms with E-state index in [4.69, 9.17) is 0 Å². The first-order valence-corrected chi connectivity index (χ1v) is 8.30. The average Bonchev–Trinajstić information content (AvgIpc) is 2.83. The van der Waals surface area contributed by atoms with Crippen molar-refractivity contribution in [2.75, 3.05) is 6.54 Å². The molecular formula is C18H26N4. The van der Waals surface area contributed by atoms with Crippen molar-refractivity contribution >= 4 is 12.3 Å². The zero-order chi connectivity index (χ0) is 15.6. The lowest BCUT2D eigenvalue weighted by Gasteiger charge is -2.41. The van der Waals surface area contributed by atoms with Gasteiger partial charge in [-0.15, -0.1) is 0 Å². The molecule has 4 nitrogen and oxygen atoms in total. The summed E-state index contributed by atoms with van der Waals surface area (Å²) in [5.41, 5.74) is 2.47. The Morgan fingerprint density at radius 1 is 1.18 bits per heavy atom. The molecule has 4 heteroatoms. The molecule has 3 heterocycles. The average molecular weight is 298 g/mol. The van der Waals surface area contributed by atoms with Crippen molar-refractivity contribution in [3.63, 3.8) is 0 Å². The number of hydrogen-bond donors (Lipinski definition) is 0. The Balaban J connectivity index is 2.07. The van der Waals surface area contributed by atoms with Crippen molar-refractivity contribution in [3.8, 4) is 0 Å². The molecule has 0 bridgehead atoms. The maximum atomic E-state index is 4.52. The van der Waals surface area contributed by atoms with Crippen LogP contribution in [0.15, 0.2) is 35.2 Å². The molecule has 1 aromatic rings. The number of aromatic nitrogens is 2. The summed E-state index contributed by atoms with van der Waals surface area (Å²) in [6, 6.07) is 2.02. The minimum Gasteiger partial charge on any atom is -0.369 e. The van der Waals surface area contributed by atoms with Crippen LogP contribution in [0.3, 0.4) is 0 Å². The Labute approximate surface area is 133 Å². The lowest BCUT2D eigenvalue weighted by atomic mass is 9.95. The van der Waals surface area contributed by atoms with Gasteiger partial charge in [0.05, 0.1) is 17.8 Å². The van der Waals surface area contributed by atoms with Crippen LogP contribution >= 0.6 is 0 Å². The van der Waals surface area contributed by atoms with Gasteiger partial charge < -0.3 is 4.90 Å². The summed E-state index contributed by atoms with van der Waals surface area (Å²) in [6.45, 7) is 7.97. The van der Waals surface area contributed by atoms with E-state index in [1.54, 1.807) is 4.79 Å². The minimum absolute atomic E-state index is 0.0974. The quantitative estimate of drug-likeness (QED) is 0.680. The van der Waals surface area contributed by atoms with Gasteiger partial charge in [-0.2, -0.15) is 15.0 Å². The smallest absolute Gasteiger partial charge is 0.0890 e. The third-order valence-electron chi connectivity index (χ3n) is 4.34. The third kappa shape index (κ3) is 3.16. The zero-order valence-electron chi connectivity index (χ0n) is 13.9. The second-order valence-electron chi connectivity index (χ2n) is 7.10. The Morgan fingerprint density at radius 2 is 2.05 bits per heavy atom.